The van der Waals surface area contributed by atoms with Crippen molar-refractivity contribution < 1.29 is 22.7 Å². The predicted octanol–water partition coefficient (Wildman–Crippen LogP) is 2.82. The monoisotopic (exact) mass is 476 g/mol. The number of hydrogen-bond acceptors (Lipinski definition) is 8. The highest BCUT2D eigenvalue weighted by atomic mass is 19.4. The van der Waals surface area contributed by atoms with E-state index in [2.05, 4.69) is 30.6 Å². The summed E-state index contributed by atoms with van der Waals surface area (Å²) in [7, 11) is 3.33. The minimum atomic E-state index is -4.45. The average Bonchev–Trinajstić information content (AvgIpc) is 3.13. The molecular weight excluding hydrogens is 453 g/mol. The first kappa shape index (κ1) is 23.3. The van der Waals surface area contributed by atoms with Crippen LogP contribution in [0.1, 0.15) is 21.5 Å². The van der Waals surface area contributed by atoms with Crippen molar-refractivity contribution >= 4 is 29.0 Å². The number of rotatable bonds is 7. The Labute approximate surface area is 192 Å². The van der Waals surface area contributed by atoms with Crippen molar-refractivity contribution in [3.05, 3.63) is 47.3 Å². The summed E-state index contributed by atoms with van der Waals surface area (Å²) in [6.07, 6.45) is -1.26. The number of carbonyl (C=O) groups excluding carboxylic acids is 1. The van der Waals surface area contributed by atoms with Crippen molar-refractivity contribution in [2.75, 3.05) is 31.3 Å². The highest BCUT2D eigenvalue weighted by molar-refractivity contribution is 5.98. The highest BCUT2D eigenvalue weighted by Gasteiger charge is 2.29. The van der Waals surface area contributed by atoms with Gasteiger partial charge in [-0.15, -0.1) is 5.10 Å². The average molecular weight is 476 g/mol. The van der Waals surface area contributed by atoms with Crippen molar-refractivity contribution in [1.82, 2.24) is 24.6 Å². The van der Waals surface area contributed by atoms with Crippen LogP contribution in [0.2, 0.25) is 0 Å². The summed E-state index contributed by atoms with van der Waals surface area (Å²) in [5.74, 6) is -0.613. The van der Waals surface area contributed by atoms with E-state index in [0.717, 1.165) is 42.5 Å². The summed E-state index contributed by atoms with van der Waals surface area (Å²) in [4.78, 5) is 22.6. The van der Waals surface area contributed by atoms with Crippen LogP contribution in [0, 0.1) is 0 Å². The van der Waals surface area contributed by atoms with E-state index < -0.39 is 18.6 Å². The van der Waals surface area contributed by atoms with Gasteiger partial charge in [0.25, 0.3) is 11.8 Å². The summed E-state index contributed by atoms with van der Waals surface area (Å²) < 4.78 is 44.0. The minimum absolute atomic E-state index is 0.0156. The smallest absolute Gasteiger partial charge is 0.408 e. The standard InChI is InChI=1S/C21H23F3N8O2/c1-31-7-6-13-12(9-31)4-3-5-15(13)27-18-14(17(25)33)8-26-20(29-18)28-16-10-32(11-21(22,23)24)30-19(16)34-2/h3-5,8,10H,6-7,9,11H2,1-2H3,(H2,25,33)(H2,26,27,28,29). The molecule has 0 radical (unpaired) electrons. The number of nitrogens with two attached hydrogens (primary N) is 1. The Morgan fingerprint density at radius 2 is 2.06 bits per heavy atom. The van der Waals surface area contributed by atoms with Crippen LogP contribution in [0.3, 0.4) is 0 Å². The Bertz CT molecular complexity index is 1210. The van der Waals surface area contributed by atoms with Gasteiger partial charge in [-0.05, 0) is 30.7 Å². The van der Waals surface area contributed by atoms with Crippen molar-refractivity contribution in [2.45, 2.75) is 25.7 Å². The number of nitrogens with zero attached hydrogens (tertiary/aromatic N) is 5. The van der Waals surface area contributed by atoms with E-state index in [9.17, 15) is 18.0 Å². The zero-order valence-electron chi connectivity index (χ0n) is 18.5. The third kappa shape index (κ3) is 5.20. The van der Waals surface area contributed by atoms with Gasteiger partial charge in [0, 0.05) is 25.0 Å². The normalized spacial score (nSPS) is 13.9. The molecule has 0 atom stereocenters. The van der Waals surface area contributed by atoms with E-state index in [1.54, 1.807) is 0 Å². The number of alkyl halides is 3. The minimum Gasteiger partial charge on any atom is -0.478 e. The molecule has 3 aromatic rings. The first-order valence-electron chi connectivity index (χ1n) is 10.3. The Balaban J connectivity index is 1.64. The van der Waals surface area contributed by atoms with E-state index in [-0.39, 0.29) is 28.9 Å². The number of ether oxygens (including phenoxy) is 1. The van der Waals surface area contributed by atoms with Crippen LogP contribution in [0.4, 0.5) is 36.3 Å². The largest absolute Gasteiger partial charge is 0.478 e. The maximum Gasteiger partial charge on any atom is 0.408 e. The summed E-state index contributed by atoms with van der Waals surface area (Å²) in [5.41, 5.74) is 8.76. The molecule has 0 spiro atoms. The van der Waals surface area contributed by atoms with E-state index in [1.807, 2.05) is 25.2 Å². The Hall–Kier alpha value is -3.87. The molecule has 0 fully saturated rings. The van der Waals surface area contributed by atoms with Gasteiger partial charge in [-0.1, -0.05) is 12.1 Å². The number of nitrogens with one attached hydrogen (secondary N) is 2. The van der Waals surface area contributed by atoms with Crippen LogP contribution in [-0.4, -0.2) is 57.4 Å². The number of aromatic nitrogens is 4. The molecule has 1 amide bonds. The van der Waals surface area contributed by atoms with Gasteiger partial charge in [-0.2, -0.15) is 18.2 Å². The molecule has 0 unspecified atom stereocenters. The summed E-state index contributed by atoms with van der Waals surface area (Å²) in [6.45, 7) is 0.395. The lowest BCUT2D eigenvalue weighted by atomic mass is 9.98. The third-order valence-corrected chi connectivity index (χ3v) is 5.27. The summed E-state index contributed by atoms with van der Waals surface area (Å²) >= 11 is 0. The second-order valence-corrected chi connectivity index (χ2v) is 7.87. The molecule has 0 saturated carbocycles. The molecule has 3 heterocycles. The number of anilines is 4. The molecule has 1 aliphatic heterocycles. The molecule has 1 aromatic carbocycles. The second kappa shape index (κ2) is 9.17. The van der Waals surface area contributed by atoms with Crippen molar-refractivity contribution in [1.29, 1.82) is 0 Å². The number of benzene rings is 1. The van der Waals surface area contributed by atoms with Gasteiger partial charge in [-0.25, -0.2) is 4.98 Å². The lowest BCUT2D eigenvalue weighted by molar-refractivity contribution is -0.142. The van der Waals surface area contributed by atoms with Gasteiger partial charge in [0.15, 0.2) is 0 Å². The summed E-state index contributed by atoms with van der Waals surface area (Å²) in [5, 5.41) is 9.73. The predicted molar refractivity (Wildman–Crippen MR) is 118 cm³/mol. The molecule has 34 heavy (non-hydrogen) atoms. The SMILES string of the molecule is COc1nn(CC(F)(F)F)cc1Nc1ncc(C(N)=O)c(Nc2cccc3c2CCN(C)C3)n1. The first-order chi connectivity index (χ1) is 16.1. The number of halogens is 3. The fourth-order valence-electron chi connectivity index (χ4n) is 3.74. The zero-order valence-corrected chi connectivity index (χ0v) is 18.5. The number of likely N-dealkylation sites (N-methyl/N-ethyl adjacent to an activating group) is 1. The quantitative estimate of drug-likeness (QED) is 0.476. The third-order valence-electron chi connectivity index (χ3n) is 5.27. The van der Waals surface area contributed by atoms with E-state index in [4.69, 9.17) is 10.5 Å². The lowest BCUT2D eigenvalue weighted by Crippen LogP contribution is -2.27. The maximum atomic E-state index is 12.7. The number of hydrogen-bond donors (Lipinski definition) is 3. The van der Waals surface area contributed by atoms with Gasteiger partial charge in [0.1, 0.15) is 23.6 Å². The zero-order chi connectivity index (χ0) is 24.5. The number of methoxy groups -OCH3 is 1. The molecule has 0 aliphatic carbocycles. The molecule has 2 aromatic heterocycles. The van der Waals surface area contributed by atoms with Gasteiger partial charge in [0.2, 0.25) is 5.95 Å². The van der Waals surface area contributed by atoms with Crippen molar-refractivity contribution in [3.8, 4) is 5.88 Å². The fraction of sp³-hybridized carbons (Fsp3) is 0.333. The lowest BCUT2D eigenvalue weighted by Gasteiger charge is -2.27. The molecule has 13 heteroatoms. The highest BCUT2D eigenvalue weighted by Crippen LogP contribution is 2.31. The fourth-order valence-corrected chi connectivity index (χ4v) is 3.74. The molecule has 0 saturated heterocycles. The Morgan fingerprint density at radius 3 is 2.76 bits per heavy atom. The van der Waals surface area contributed by atoms with Crippen LogP contribution in [-0.2, 0) is 19.5 Å². The van der Waals surface area contributed by atoms with Gasteiger partial charge < -0.3 is 26.0 Å². The molecule has 1 aliphatic rings. The molecule has 180 valence electrons. The van der Waals surface area contributed by atoms with E-state index in [1.165, 1.54) is 13.3 Å². The molecule has 4 N–H and O–H groups in total. The first-order valence-corrected chi connectivity index (χ1v) is 10.3. The topological polar surface area (TPSA) is 123 Å². The molecule has 10 nitrogen and oxygen atoms in total. The van der Waals surface area contributed by atoms with Crippen LogP contribution < -0.4 is 21.1 Å². The van der Waals surface area contributed by atoms with Gasteiger partial charge in [0.05, 0.1) is 13.3 Å². The molecule has 4 rings (SSSR count). The van der Waals surface area contributed by atoms with E-state index >= 15 is 0 Å². The Kier molecular flexibility index (Phi) is 6.28. The second-order valence-electron chi connectivity index (χ2n) is 7.87. The van der Waals surface area contributed by atoms with Crippen molar-refractivity contribution in [3.63, 3.8) is 0 Å². The number of primary amides is 1. The van der Waals surface area contributed by atoms with Crippen LogP contribution >= 0.6 is 0 Å². The van der Waals surface area contributed by atoms with Gasteiger partial charge in [-0.3, -0.25) is 9.48 Å². The van der Waals surface area contributed by atoms with Gasteiger partial charge >= 0.3 is 6.18 Å². The summed E-state index contributed by atoms with van der Waals surface area (Å²) in [6, 6.07) is 5.84. The van der Waals surface area contributed by atoms with Crippen LogP contribution in [0.5, 0.6) is 5.88 Å². The van der Waals surface area contributed by atoms with Crippen LogP contribution in [0.15, 0.2) is 30.6 Å². The molecule has 0 bridgehead atoms. The Morgan fingerprint density at radius 1 is 1.26 bits per heavy atom. The maximum absolute atomic E-state index is 12.7. The number of fused-ring (bicyclic) bond motifs is 1. The van der Waals surface area contributed by atoms with E-state index in [0.29, 0.717) is 4.68 Å². The van der Waals surface area contributed by atoms with Crippen LogP contribution in [0.25, 0.3) is 0 Å². The number of carbonyl (C=O) groups is 1. The number of amides is 1. The molecular formula is C21H23F3N8O2. The van der Waals surface area contributed by atoms with Crippen molar-refractivity contribution in [2.24, 2.45) is 5.73 Å².